The van der Waals surface area contributed by atoms with Crippen molar-refractivity contribution < 1.29 is 9.53 Å². The first-order chi connectivity index (χ1) is 15.6. The number of carbonyl (C=O) groups is 1. The summed E-state index contributed by atoms with van der Waals surface area (Å²) in [5.41, 5.74) is 4.02. The van der Waals surface area contributed by atoms with Gasteiger partial charge in [0.05, 0.1) is 16.3 Å². The number of aromatic nitrogens is 1. The Morgan fingerprint density at radius 1 is 1.21 bits per heavy atom. The largest absolute Gasteiger partial charge is 0.488 e. The molecule has 4 heterocycles. The minimum atomic E-state index is -0.202. The van der Waals surface area contributed by atoms with Gasteiger partial charge in [-0.1, -0.05) is 11.6 Å². The summed E-state index contributed by atoms with van der Waals surface area (Å²) in [6.45, 7) is 5.42. The predicted octanol–water partition coefficient (Wildman–Crippen LogP) is 4.11. The lowest BCUT2D eigenvalue weighted by Crippen LogP contribution is -2.53. The van der Waals surface area contributed by atoms with E-state index in [1.54, 1.807) is 11.3 Å². The monoisotopic (exact) mass is 506 g/mol. The minimum Gasteiger partial charge on any atom is -0.488 e. The van der Waals surface area contributed by atoms with Crippen LogP contribution in [-0.4, -0.2) is 49.2 Å². The van der Waals surface area contributed by atoms with Crippen LogP contribution in [-0.2, 0) is 11.2 Å². The lowest BCUT2D eigenvalue weighted by molar-refractivity contribution is -0.124. The average molecular weight is 507 g/mol. The Kier molecular flexibility index (Phi) is 7.76. The second-order valence-electron chi connectivity index (χ2n) is 8.47. The standard InChI is InChI=1S/C24H27ClN4O2S.ClH/c1-14-9-15(25)10-19(22(14)31-16-3-2-5-26-13-16)18-4-6-27-20-11-17(32-23(18)20)12-21-24(30)29-8-7-28-21;/h4,6,9-11,16,21,26,28H,2-3,5,7-8,12-13H2,1H3,(H,29,30);1H. The second-order valence-corrected chi connectivity index (χ2v) is 10.0. The van der Waals surface area contributed by atoms with Crippen LogP contribution in [0.4, 0.5) is 0 Å². The summed E-state index contributed by atoms with van der Waals surface area (Å²) in [4.78, 5) is 17.9. The maximum absolute atomic E-state index is 12.2. The van der Waals surface area contributed by atoms with Crippen LogP contribution in [0.2, 0.25) is 5.02 Å². The molecule has 2 fully saturated rings. The molecule has 176 valence electrons. The van der Waals surface area contributed by atoms with E-state index >= 15 is 0 Å². The molecule has 6 nitrogen and oxygen atoms in total. The number of ether oxygens (including phenoxy) is 1. The minimum absolute atomic E-state index is 0. The number of fused-ring (bicyclic) bond motifs is 1. The van der Waals surface area contributed by atoms with Crippen LogP contribution >= 0.6 is 35.3 Å². The molecule has 1 aromatic carbocycles. The first-order valence-corrected chi connectivity index (χ1v) is 12.3. The first-order valence-electron chi connectivity index (χ1n) is 11.1. The van der Waals surface area contributed by atoms with Crippen molar-refractivity contribution in [1.82, 2.24) is 20.9 Å². The van der Waals surface area contributed by atoms with E-state index in [9.17, 15) is 4.79 Å². The smallest absolute Gasteiger partial charge is 0.237 e. The van der Waals surface area contributed by atoms with Gasteiger partial charge in [0.2, 0.25) is 5.91 Å². The van der Waals surface area contributed by atoms with Gasteiger partial charge >= 0.3 is 0 Å². The SMILES string of the molecule is Cc1cc(Cl)cc(-c2ccnc3cc(CC4NCCNC4=O)sc23)c1OC1CCCNC1.Cl. The number of hydrogen-bond acceptors (Lipinski definition) is 6. The summed E-state index contributed by atoms with van der Waals surface area (Å²) in [5.74, 6) is 0.947. The van der Waals surface area contributed by atoms with Gasteiger partial charge < -0.3 is 20.7 Å². The van der Waals surface area contributed by atoms with Crippen LogP contribution in [0.25, 0.3) is 21.3 Å². The molecule has 1 amide bonds. The van der Waals surface area contributed by atoms with E-state index in [2.05, 4.69) is 27.0 Å². The molecule has 0 aliphatic carbocycles. The number of thiophene rings is 1. The molecule has 33 heavy (non-hydrogen) atoms. The molecule has 3 N–H and O–H groups in total. The number of hydrogen-bond donors (Lipinski definition) is 3. The Hall–Kier alpha value is -1.90. The van der Waals surface area contributed by atoms with Crippen LogP contribution in [0.5, 0.6) is 5.75 Å². The molecule has 0 saturated carbocycles. The summed E-state index contributed by atoms with van der Waals surface area (Å²) in [7, 11) is 0. The van der Waals surface area contributed by atoms with Gasteiger partial charge in [-0.05, 0) is 56.1 Å². The van der Waals surface area contributed by atoms with Crippen molar-refractivity contribution in [2.45, 2.75) is 38.3 Å². The summed E-state index contributed by atoms with van der Waals surface area (Å²) in [6.07, 6.45) is 4.79. The molecule has 2 aromatic heterocycles. The Morgan fingerprint density at radius 2 is 2.09 bits per heavy atom. The molecule has 0 bridgehead atoms. The second kappa shape index (κ2) is 10.6. The molecule has 2 aliphatic rings. The van der Waals surface area contributed by atoms with Crippen LogP contribution < -0.4 is 20.7 Å². The quantitative estimate of drug-likeness (QED) is 0.485. The molecule has 9 heteroatoms. The predicted molar refractivity (Wildman–Crippen MR) is 137 cm³/mol. The number of nitrogens with zero attached hydrogens (tertiary/aromatic N) is 1. The molecule has 0 spiro atoms. The van der Waals surface area contributed by atoms with Gasteiger partial charge in [0.25, 0.3) is 0 Å². The maximum Gasteiger partial charge on any atom is 0.237 e. The Morgan fingerprint density at radius 3 is 2.88 bits per heavy atom. The van der Waals surface area contributed by atoms with Crippen LogP contribution in [0.1, 0.15) is 23.3 Å². The highest BCUT2D eigenvalue weighted by Crippen LogP contribution is 2.42. The number of benzene rings is 1. The lowest BCUT2D eigenvalue weighted by atomic mass is 10.0. The zero-order chi connectivity index (χ0) is 22.1. The van der Waals surface area contributed by atoms with Gasteiger partial charge in [-0.15, -0.1) is 23.7 Å². The molecule has 2 saturated heterocycles. The molecular weight excluding hydrogens is 479 g/mol. The maximum atomic E-state index is 12.2. The zero-order valence-corrected chi connectivity index (χ0v) is 20.8. The molecule has 3 aromatic rings. The molecule has 2 unspecified atom stereocenters. The third kappa shape index (κ3) is 5.28. The van der Waals surface area contributed by atoms with Gasteiger partial charge in [0, 0.05) is 53.3 Å². The molecular formula is C24H28Cl2N4O2S. The Bertz CT molecular complexity index is 1150. The Labute approximate surface area is 208 Å². The van der Waals surface area contributed by atoms with Crippen LogP contribution in [0.15, 0.2) is 30.5 Å². The van der Waals surface area contributed by atoms with Gasteiger partial charge in [-0.2, -0.15) is 0 Å². The van der Waals surface area contributed by atoms with E-state index in [1.165, 1.54) is 0 Å². The van der Waals surface area contributed by atoms with Crippen LogP contribution in [0, 0.1) is 6.92 Å². The zero-order valence-electron chi connectivity index (χ0n) is 18.4. The number of pyridine rings is 1. The number of nitrogens with one attached hydrogen (secondary N) is 3. The molecule has 0 radical (unpaired) electrons. The number of rotatable bonds is 5. The number of aryl methyl sites for hydroxylation is 1. The highest BCUT2D eigenvalue weighted by Gasteiger charge is 2.24. The molecule has 5 rings (SSSR count). The fourth-order valence-electron chi connectivity index (χ4n) is 4.49. The van der Waals surface area contributed by atoms with Gasteiger partial charge in [-0.3, -0.25) is 9.78 Å². The summed E-state index contributed by atoms with van der Waals surface area (Å²) >= 11 is 8.17. The van der Waals surface area contributed by atoms with E-state index in [-0.39, 0.29) is 30.5 Å². The average Bonchev–Trinajstić information content (AvgIpc) is 3.20. The highest BCUT2D eigenvalue weighted by molar-refractivity contribution is 7.19. The molecule has 2 aliphatic heterocycles. The van der Waals surface area contributed by atoms with Crippen molar-refractivity contribution in [2.75, 3.05) is 26.2 Å². The number of carbonyl (C=O) groups excluding carboxylic acids is 1. The van der Waals surface area contributed by atoms with Crippen LogP contribution in [0.3, 0.4) is 0 Å². The van der Waals surface area contributed by atoms with Crippen molar-refractivity contribution in [1.29, 1.82) is 0 Å². The Balaban J connectivity index is 0.00000259. The van der Waals surface area contributed by atoms with Crippen molar-refractivity contribution in [2.24, 2.45) is 0 Å². The topological polar surface area (TPSA) is 75.3 Å². The van der Waals surface area contributed by atoms with E-state index in [0.717, 1.165) is 70.0 Å². The fourth-order valence-corrected chi connectivity index (χ4v) is 5.95. The van der Waals surface area contributed by atoms with E-state index < -0.39 is 0 Å². The fraction of sp³-hybridized carbons (Fsp3) is 0.417. The van der Waals surface area contributed by atoms with E-state index in [0.29, 0.717) is 18.0 Å². The van der Waals surface area contributed by atoms with Gasteiger partial charge in [-0.25, -0.2) is 0 Å². The lowest BCUT2D eigenvalue weighted by Gasteiger charge is -2.26. The molecule has 2 atom stereocenters. The van der Waals surface area contributed by atoms with Gasteiger partial charge in [0.15, 0.2) is 0 Å². The number of amides is 1. The number of piperidine rings is 1. The van der Waals surface area contributed by atoms with Crippen molar-refractivity contribution in [3.8, 4) is 16.9 Å². The normalized spacial score (nSPS) is 20.8. The van der Waals surface area contributed by atoms with E-state index in [4.69, 9.17) is 16.3 Å². The number of piperazine rings is 1. The van der Waals surface area contributed by atoms with E-state index in [1.807, 2.05) is 31.3 Å². The van der Waals surface area contributed by atoms with Crippen molar-refractivity contribution in [3.05, 3.63) is 45.9 Å². The van der Waals surface area contributed by atoms with Crippen molar-refractivity contribution in [3.63, 3.8) is 0 Å². The first kappa shape index (κ1) is 24.2. The third-order valence-corrected chi connectivity index (χ3v) is 7.46. The number of halogens is 2. The summed E-state index contributed by atoms with van der Waals surface area (Å²) in [6, 6.07) is 7.87. The third-order valence-electron chi connectivity index (χ3n) is 6.07. The highest BCUT2D eigenvalue weighted by atomic mass is 35.5. The summed E-state index contributed by atoms with van der Waals surface area (Å²) in [5, 5.41) is 10.4. The van der Waals surface area contributed by atoms with Crippen molar-refractivity contribution >= 4 is 51.5 Å². The van der Waals surface area contributed by atoms with Gasteiger partial charge in [0.1, 0.15) is 11.9 Å². The summed E-state index contributed by atoms with van der Waals surface area (Å²) < 4.78 is 7.61.